The van der Waals surface area contributed by atoms with Crippen molar-refractivity contribution in [1.29, 1.82) is 0 Å². The van der Waals surface area contributed by atoms with Crippen LogP contribution in [0.15, 0.2) is 48.8 Å². The molecule has 7 unspecified atom stereocenters. The molecule has 2 saturated carbocycles. The summed E-state index contributed by atoms with van der Waals surface area (Å²) in [5.41, 5.74) is 5.83. The number of aromatic amines is 2. The van der Waals surface area contributed by atoms with Crippen molar-refractivity contribution in [3.63, 3.8) is 0 Å². The van der Waals surface area contributed by atoms with Crippen molar-refractivity contribution in [1.82, 2.24) is 50.3 Å². The second-order valence-corrected chi connectivity index (χ2v) is 22.8. The second-order valence-electron chi connectivity index (χ2n) is 21.0. The number of fused-ring (bicyclic) bond motifs is 2. The number of nitrogens with zero attached hydrogens (tertiary/aromatic N) is 10. The zero-order chi connectivity index (χ0) is 53.8. The van der Waals surface area contributed by atoms with Gasteiger partial charge in [-0.05, 0) is 82.1 Å². The number of hydrogen-bond acceptors (Lipinski definition) is 19. The Morgan fingerprint density at radius 1 is 0.744 bits per heavy atom. The van der Waals surface area contributed by atoms with Crippen molar-refractivity contribution in [2.45, 2.75) is 127 Å². The molecule has 4 fully saturated rings. The van der Waals surface area contributed by atoms with Gasteiger partial charge < -0.3 is 50.0 Å². The van der Waals surface area contributed by atoms with E-state index in [1.807, 2.05) is 6.07 Å². The van der Waals surface area contributed by atoms with E-state index < -0.39 is 74.0 Å². The zero-order valence-corrected chi connectivity index (χ0v) is 43.5. The van der Waals surface area contributed by atoms with Gasteiger partial charge in [-0.1, -0.05) is 13.8 Å². The van der Waals surface area contributed by atoms with Crippen LogP contribution in [-0.4, -0.2) is 123 Å². The van der Waals surface area contributed by atoms with Crippen LogP contribution in [-0.2, 0) is 58.6 Å². The molecule has 0 aromatic carbocycles. The Kier molecular flexibility index (Phi) is 13.8. The third-order valence-corrected chi connectivity index (χ3v) is 15.9. The average Bonchev–Trinajstić information content (AvgIpc) is 3.93. The van der Waals surface area contributed by atoms with Crippen molar-refractivity contribution >= 4 is 71.9 Å². The van der Waals surface area contributed by atoms with Crippen molar-refractivity contribution in [3.8, 4) is 0 Å². The Bertz CT molecular complexity index is 3310. The van der Waals surface area contributed by atoms with Crippen LogP contribution in [0.3, 0.4) is 0 Å². The summed E-state index contributed by atoms with van der Waals surface area (Å²) in [6.45, 7) is 3.72. The molecule has 27 heteroatoms. The molecule has 24 nitrogen and oxygen atoms in total. The number of aryl methyl sites for hydroxylation is 2. The molecular formula is C51H57F2N16O8P. The third-order valence-electron chi connectivity index (χ3n) is 14.8. The highest BCUT2D eigenvalue weighted by Gasteiger charge is 2.47. The van der Waals surface area contributed by atoms with E-state index in [-0.39, 0.29) is 55.4 Å². The van der Waals surface area contributed by atoms with Crippen LogP contribution < -0.4 is 31.1 Å². The van der Waals surface area contributed by atoms with Crippen LogP contribution in [0, 0.1) is 17.8 Å². The molecule has 8 heterocycles. The molecule has 7 N–H and O–H groups in total. The fourth-order valence-electron chi connectivity index (χ4n) is 10.6. The first kappa shape index (κ1) is 51.2. The number of pyridine rings is 2. The van der Waals surface area contributed by atoms with E-state index in [2.05, 4.69) is 51.6 Å². The van der Waals surface area contributed by atoms with Crippen LogP contribution in [0.25, 0.3) is 0 Å². The molecule has 6 aliphatic rings. The number of hydrogen-bond donors (Lipinski definition) is 7. The van der Waals surface area contributed by atoms with Gasteiger partial charge in [-0.2, -0.15) is 28.9 Å². The maximum absolute atomic E-state index is 14.0. The van der Waals surface area contributed by atoms with Gasteiger partial charge in [0.15, 0.2) is 11.6 Å². The molecule has 78 heavy (non-hydrogen) atoms. The molecule has 4 aliphatic carbocycles. The van der Waals surface area contributed by atoms with Gasteiger partial charge >= 0.3 is 13.6 Å². The normalized spacial score (nSPS) is 23.0. The first-order valence-corrected chi connectivity index (χ1v) is 28.1. The summed E-state index contributed by atoms with van der Waals surface area (Å²) in [6, 6.07) is 7.14. The van der Waals surface area contributed by atoms with E-state index in [1.54, 1.807) is 29.7 Å². The largest absolute Gasteiger partial charge is 0.460 e. The van der Waals surface area contributed by atoms with Crippen LogP contribution in [0.5, 0.6) is 0 Å². The number of H-pyrrole nitrogens is 2. The minimum atomic E-state index is -4.36. The lowest BCUT2D eigenvalue weighted by molar-refractivity contribution is -0.152. The minimum Gasteiger partial charge on any atom is -0.460 e. The number of ether oxygens (including phenoxy) is 2. The maximum Gasteiger partial charge on any atom is 0.353 e. The monoisotopic (exact) mass is 1090 g/mol. The van der Waals surface area contributed by atoms with Crippen LogP contribution in [0.4, 0.5) is 55.3 Å². The number of anilines is 8. The summed E-state index contributed by atoms with van der Waals surface area (Å²) >= 11 is 0. The average molecular weight is 1090 g/mol. The van der Waals surface area contributed by atoms with Gasteiger partial charge in [0.1, 0.15) is 36.2 Å². The molecule has 6 aromatic heterocycles. The Morgan fingerprint density at radius 3 is 1.82 bits per heavy atom. The number of rotatable bonds is 19. The Hall–Kier alpha value is -7.54. The molecule has 0 bridgehead atoms. The summed E-state index contributed by atoms with van der Waals surface area (Å²) in [7, 11) is -4.36. The number of aromatic nitrogens is 10. The molecule has 2 aliphatic heterocycles. The summed E-state index contributed by atoms with van der Waals surface area (Å²) in [6.07, 6.45) is 7.33. The fourth-order valence-corrected chi connectivity index (χ4v) is 11.7. The van der Waals surface area contributed by atoms with Crippen LogP contribution >= 0.6 is 7.60 Å². The quantitative estimate of drug-likeness (QED) is 0.0269. The maximum atomic E-state index is 14.0. The summed E-state index contributed by atoms with van der Waals surface area (Å²) in [5, 5.41) is 27.4. The molecule has 0 radical (unpaired) electrons. The Morgan fingerprint density at radius 2 is 1.28 bits per heavy atom. The highest BCUT2D eigenvalue weighted by atomic mass is 31.2. The van der Waals surface area contributed by atoms with Gasteiger partial charge in [0.2, 0.25) is 35.6 Å². The lowest BCUT2D eigenvalue weighted by atomic mass is 10.1. The van der Waals surface area contributed by atoms with Crippen molar-refractivity contribution in [2.24, 2.45) is 5.92 Å². The highest BCUT2D eigenvalue weighted by molar-refractivity contribution is 7.52. The van der Waals surface area contributed by atoms with Crippen LogP contribution in [0.1, 0.15) is 105 Å². The van der Waals surface area contributed by atoms with Gasteiger partial charge in [0.25, 0.3) is 0 Å². The van der Waals surface area contributed by atoms with Crippen molar-refractivity contribution < 1.29 is 46.6 Å². The van der Waals surface area contributed by atoms with E-state index in [0.29, 0.717) is 59.8 Å². The van der Waals surface area contributed by atoms with Gasteiger partial charge in [-0.3, -0.25) is 29.1 Å². The molecule has 6 aromatic rings. The molecule has 7 atom stereocenters. The smallest absolute Gasteiger partial charge is 0.353 e. The molecular weight excluding hydrogens is 1030 g/mol. The summed E-state index contributed by atoms with van der Waals surface area (Å²) < 4.78 is 58.7. The molecule has 2 amide bonds. The lowest BCUT2D eigenvalue weighted by Crippen LogP contribution is -2.41. The second kappa shape index (κ2) is 21.0. The number of carbonyl (C=O) groups is 3. The standard InChI is InChI=1S/C51H57F2N16O8P/c1-25(2)49(72)76-30-16-39(48(71)57-28-12-14-42(53)55-21-28)69(23-30)51-59-35-8-4-6-32(35)46(63-51)61-44-19-37(65-67-44)33-17-40(33)77-78(73,74)24-75-29-15-38(47(70)56-27-11-13-41(52)54-20-27)68(22-29)50-58-34-7-3-5-31(34)45(62-50)60-43-18-36(64-66-43)26-9-10-26/h11-14,18-21,25-26,29-30,33,38-40H,3-10,15-17,22-24H2,1-2H3,(H,56,70)(H,57,71)(H,73,74)(H2,58,60,62,64,66)(H2,59,61,63,65,67). The van der Waals surface area contributed by atoms with Gasteiger partial charge in [-0.15, -0.1) is 0 Å². The molecule has 2 saturated heterocycles. The topological polar surface area (TPSA) is 305 Å². The molecule has 12 rings (SSSR count). The van der Waals surface area contributed by atoms with Crippen LogP contribution in [0.2, 0.25) is 0 Å². The predicted molar refractivity (Wildman–Crippen MR) is 277 cm³/mol. The van der Waals surface area contributed by atoms with Gasteiger partial charge in [-0.25, -0.2) is 19.9 Å². The number of esters is 1. The van der Waals surface area contributed by atoms with E-state index in [1.165, 1.54) is 24.5 Å². The fraction of sp³-hybridized carbons (Fsp3) is 0.471. The first-order chi connectivity index (χ1) is 37.6. The number of amides is 2. The number of halogens is 2. The predicted octanol–water partition coefficient (Wildman–Crippen LogP) is 6.23. The van der Waals surface area contributed by atoms with Gasteiger partial charge in [0, 0.05) is 65.9 Å². The third kappa shape index (κ3) is 11.2. The molecule has 408 valence electrons. The van der Waals surface area contributed by atoms with Crippen molar-refractivity contribution in [3.05, 3.63) is 94.6 Å². The Labute approximate surface area is 445 Å². The minimum absolute atomic E-state index is 0.108. The summed E-state index contributed by atoms with van der Waals surface area (Å²) in [4.78, 5) is 82.1. The summed E-state index contributed by atoms with van der Waals surface area (Å²) in [5.74, 6) is -0.195. The zero-order valence-electron chi connectivity index (χ0n) is 42.6. The highest BCUT2D eigenvalue weighted by Crippen LogP contribution is 2.54. The van der Waals surface area contributed by atoms with E-state index in [4.69, 9.17) is 33.9 Å². The van der Waals surface area contributed by atoms with E-state index >= 15 is 0 Å². The number of nitrogens with one attached hydrogen (secondary N) is 6. The number of carbonyl (C=O) groups excluding carboxylic acids is 3. The molecule has 0 spiro atoms. The SMILES string of the molecule is CC(C)C(=O)OC1CC(C(=O)Nc2ccc(F)nc2)N(c2nc3c(c(Nc4cc(C5CC5OP(=O)(O)COC5CC(C(=O)Nc6ccc(F)nc6)N(c6nc7c(c(Nc8cc(C9CC9)[nH]n8)n6)CCC7)C5)[nH]n4)n2)CCC3)C1. The van der Waals surface area contributed by atoms with E-state index in [9.17, 15) is 32.6 Å². The lowest BCUT2D eigenvalue weighted by Gasteiger charge is -2.25. The first-order valence-electron chi connectivity index (χ1n) is 26.3. The van der Waals surface area contributed by atoms with E-state index in [0.717, 1.165) is 78.9 Å². The Balaban J connectivity index is 0.706. The van der Waals surface area contributed by atoms with Gasteiger partial charge in [0.05, 0.1) is 59.8 Å². The van der Waals surface area contributed by atoms with Crippen molar-refractivity contribution in [2.75, 3.05) is 50.5 Å².